The minimum Gasteiger partial charge on any atom is -0.459 e. The van der Waals surface area contributed by atoms with E-state index in [9.17, 15) is 9.59 Å². The van der Waals surface area contributed by atoms with Gasteiger partial charge in [0.05, 0.1) is 6.26 Å². The molecular weight excluding hydrogens is 360 g/mol. The van der Waals surface area contributed by atoms with Gasteiger partial charge >= 0.3 is 0 Å². The molecule has 1 aliphatic carbocycles. The number of rotatable bonds is 5. The number of hydrogen-bond acceptors (Lipinski definition) is 4. The first kappa shape index (κ1) is 18.2. The molecule has 27 heavy (non-hydrogen) atoms. The molecule has 1 N–H and O–H groups in total. The van der Waals surface area contributed by atoms with E-state index >= 15 is 0 Å². The highest BCUT2D eigenvalue weighted by Crippen LogP contribution is 2.35. The molecule has 2 heterocycles. The molecule has 1 atom stereocenters. The lowest BCUT2D eigenvalue weighted by Gasteiger charge is -2.23. The van der Waals surface area contributed by atoms with E-state index in [0.29, 0.717) is 13.0 Å². The third-order valence-corrected chi connectivity index (χ3v) is 6.62. The Labute approximate surface area is 163 Å². The number of furan rings is 1. The highest BCUT2D eigenvalue weighted by atomic mass is 32.2. The molecule has 0 radical (unpaired) electrons. The molecule has 2 aromatic rings. The van der Waals surface area contributed by atoms with Crippen LogP contribution in [0.5, 0.6) is 0 Å². The molecule has 2 fully saturated rings. The van der Waals surface area contributed by atoms with Crippen molar-refractivity contribution in [3.05, 3.63) is 48.4 Å². The fourth-order valence-corrected chi connectivity index (χ4v) is 5.11. The van der Waals surface area contributed by atoms with E-state index in [1.54, 1.807) is 17.0 Å². The zero-order valence-electron chi connectivity index (χ0n) is 15.2. The van der Waals surface area contributed by atoms with Crippen molar-refractivity contribution in [3.8, 4) is 0 Å². The minimum atomic E-state index is -0.449. The van der Waals surface area contributed by atoms with E-state index in [1.807, 2.05) is 23.9 Å². The Morgan fingerprint density at radius 1 is 1.04 bits per heavy atom. The van der Waals surface area contributed by atoms with Crippen LogP contribution >= 0.6 is 11.8 Å². The number of nitrogens with one attached hydrogen (secondary N) is 1. The van der Waals surface area contributed by atoms with Crippen molar-refractivity contribution in [2.75, 3.05) is 11.9 Å². The van der Waals surface area contributed by atoms with Crippen molar-refractivity contribution in [1.82, 2.24) is 4.90 Å². The van der Waals surface area contributed by atoms with Gasteiger partial charge < -0.3 is 14.6 Å². The highest BCUT2D eigenvalue weighted by molar-refractivity contribution is 8.00. The Kier molecular flexibility index (Phi) is 5.53. The standard InChI is InChI=1S/C21H24N2O3S/c24-20(18-7-3-13-23(18)21(25)19-8-4-14-26-19)22-15-9-11-17(12-10-15)27-16-5-1-2-6-16/h4,8-12,14,16,18H,1-3,5-7,13H2,(H,22,24). The largest absolute Gasteiger partial charge is 0.459 e. The summed E-state index contributed by atoms with van der Waals surface area (Å²) in [7, 11) is 0. The summed E-state index contributed by atoms with van der Waals surface area (Å²) in [5.74, 6) is -0.0763. The number of benzene rings is 1. The van der Waals surface area contributed by atoms with Crippen LogP contribution in [0.4, 0.5) is 5.69 Å². The minimum absolute atomic E-state index is 0.136. The van der Waals surface area contributed by atoms with Gasteiger partial charge in [0.25, 0.3) is 5.91 Å². The van der Waals surface area contributed by atoms with Gasteiger partial charge in [0.15, 0.2) is 5.76 Å². The third-order valence-electron chi connectivity index (χ3n) is 5.28. The van der Waals surface area contributed by atoms with Crippen molar-refractivity contribution >= 4 is 29.3 Å². The van der Waals surface area contributed by atoms with Crippen molar-refractivity contribution in [1.29, 1.82) is 0 Å². The number of thioether (sulfide) groups is 1. The molecule has 2 amide bonds. The van der Waals surface area contributed by atoms with E-state index in [0.717, 1.165) is 17.4 Å². The quantitative estimate of drug-likeness (QED) is 0.821. The zero-order chi connectivity index (χ0) is 18.6. The van der Waals surface area contributed by atoms with Gasteiger partial charge in [-0.2, -0.15) is 0 Å². The summed E-state index contributed by atoms with van der Waals surface area (Å²) < 4.78 is 5.20. The maximum Gasteiger partial charge on any atom is 0.290 e. The van der Waals surface area contributed by atoms with Crippen molar-refractivity contribution in [2.45, 2.75) is 54.7 Å². The van der Waals surface area contributed by atoms with Crippen LogP contribution in [-0.2, 0) is 4.79 Å². The molecule has 1 aromatic heterocycles. The Morgan fingerprint density at radius 3 is 2.52 bits per heavy atom. The van der Waals surface area contributed by atoms with Gasteiger partial charge in [0.2, 0.25) is 5.91 Å². The number of amides is 2. The first-order valence-corrected chi connectivity index (χ1v) is 10.5. The van der Waals surface area contributed by atoms with Gasteiger partial charge in [0.1, 0.15) is 6.04 Å². The second-order valence-electron chi connectivity index (χ2n) is 7.17. The summed E-state index contributed by atoms with van der Waals surface area (Å²) in [5.41, 5.74) is 0.771. The Balaban J connectivity index is 1.37. The van der Waals surface area contributed by atoms with E-state index in [2.05, 4.69) is 17.4 Å². The summed E-state index contributed by atoms with van der Waals surface area (Å²) in [4.78, 5) is 28.1. The first-order valence-electron chi connectivity index (χ1n) is 9.63. The van der Waals surface area contributed by atoms with Gasteiger partial charge in [-0.05, 0) is 62.1 Å². The van der Waals surface area contributed by atoms with Crippen LogP contribution in [0.15, 0.2) is 52.0 Å². The molecule has 0 bridgehead atoms. The van der Waals surface area contributed by atoms with Crippen LogP contribution in [0, 0.1) is 0 Å². The molecule has 4 rings (SSSR count). The number of likely N-dealkylation sites (tertiary alicyclic amines) is 1. The lowest BCUT2D eigenvalue weighted by molar-refractivity contribution is -0.119. The van der Waals surface area contributed by atoms with E-state index < -0.39 is 6.04 Å². The molecule has 1 saturated heterocycles. The molecule has 1 saturated carbocycles. The van der Waals surface area contributed by atoms with Crippen LogP contribution in [-0.4, -0.2) is 34.6 Å². The molecule has 142 valence electrons. The predicted molar refractivity (Wildman–Crippen MR) is 106 cm³/mol. The van der Waals surface area contributed by atoms with Crippen LogP contribution in [0.1, 0.15) is 49.1 Å². The highest BCUT2D eigenvalue weighted by Gasteiger charge is 2.35. The number of anilines is 1. The smallest absolute Gasteiger partial charge is 0.290 e. The monoisotopic (exact) mass is 384 g/mol. The lowest BCUT2D eigenvalue weighted by Crippen LogP contribution is -2.43. The topological polar surface area (TPSA) is 62.6 Å². The molecular formula is C21H24N2O3S. The molecule has 6 heteroatoms. The third kappa shape index (κ3) is 4.21. The summed E-state index contributed by atoms with van der Waals surface area (Å²) in [6, 6.07) is 10.9. The summed E-state index contributed by atoms with van der Waals surface area (Å²) in [5, 5.41) is 3.69. The molecule has 2 aliphatic rings. The van der Waals surface area contributed by atoms with E-state index in [1.165, 1.54) is 36.8 Å². The van der Waals surface area contributed by atoms with E-state index in [4.69, 9.17) is 4.42 Å². The van der Waals surface area contributed by atoms with Gasteiger partial charge in [0, 0.05) is 22.4 Å². The predicted octanol–water partition coefficient (Wildman–Crippen LogP) is 4.56. The van der Waals surface area contributed by atoms with Crippen molar-refractivity contribution < 1.29 is 14.0 Å². The second kappa shape index (κ2) is 8.21. The van der Waals surface area contributed by atoms with Crippen molar-refractivity contribution in [3.63, 3.8) is 0 Å². The molecule has 1 aromatic carbocycles. The molecule has 5 nitrogen and oxygen atoms in total. The van der Waals surface area contributed by atoms with Crippen LogP contribution in [0.25, 0.3) is 0 Å². The zero-order valence-corrected chi connectivity index (χ0v) is 16.0. The SMILES string of the molecule is O=C(Nc1ccc(SC2CCCC2)cc1)C1CCCN1C(=O)c1ccco1. The Morgan fingerprint density at radius 2 is 1.81 bits per heavy atom. The normalized spacial score (nSPS) is 20.1. The van der Waals surface area contributed by atoms with Gasteiger partial charge in [-0.3, -0.25) is 9.59 Å². The summed E-state index contributed by atoms with van der Waals surface area (Å²) >= 11 is 1.93. The Hall–Kier alpha value is -2.21. The molecule has 1 unspecified atom stereocenters. The maximum absolute atomic E-state index is 12.7. The second-order valence-corrected chi connectivity index (χ2v) is 8.55. The lowest BCUT2D eigenvalue weighted by atomic mass is 10.2. The number of carbonyl (C=O) groups excluding carboxylic acids is 2. The molecule has 0 spiro atoms. The van der Waals surface area contributed by atoms with E-state index in [-0.39, 0.29) is 17.6 Å². The van der Waals surface area contributed by atoms with Crippen molar-refractivity contribution in [2.24, 2.45) is 0 Å². The van der Waals surface area contributed by atoms with Gasteiger partial charge in [-0.15, -0.1) is 11.8 Å². The van der Waals surface area contributed by atoms with Gasteiger partial charge in [-0.25, -0.2) is 0 Å². The fraction of sp³-hybridized carbons (Fsp3) is 0.429. The summed E-state index contributed by atoms with van der Waals surface area (Å²) in [6.45, 7) is 0.578. The van der Waals surface area contributed by atoms with Crippen LogP contribution in [0.2, 0.25) is 0 Å². The number of carbonyl (C=O) groups is 2. The Bertz CT molecular complexity index is 782. The maximum atomic E-state index is 12.7. The summed E-state index contributed by atoms with van der Waals surface area (Å²) in [6.07, 6.45) is 8.23. The van der Waals surface area contributed by atoms with Crippen LogP contribution < -0.4 is 5.32 Å². The molecule has 1 aliphatic heterocycles. The number of nitrogens with zero attached hydrogens (tertiary/aromatic N) is 1. The average molecular weight is 385 g/mol. The van der Waals surface area contributed by atoms with Crippen LogP contribution in [0.3, 0.4) is 0 Å². The first-order chi connectivity index (χ1) is 13.2. The number of hydrogen-bond donors (Lipinski definition) is 1. The van der Waals surface area contributed by atoms with Gasteiger partial charge in [-0.1, -0.05) is 12.8 Å². The fourth-order valence-electron chi connectivity index (χ4n) is 3.87. The average Bonchev–Trinajstić information content (AvgIpc) is 3.44.